The minimum absolute atomic E-state index is 0.00948. The minimum Gasteiger partial charge on any atom is -0.358 e. The van der Waals surface area contributed by atoms with Gasteiger partial charge < -0.3 is 10.6 Å². The van der Waals surface area contributed by atoms with E-state index in [0.29, 0.717) is 5.56 Å². The first-order valence-corrected chi connectivity index (χ1v) is 5.59. The van der Waals surface area contributed by atoms with Gasteiger partial charge in [-0.05, 0) is 30.7 Å². The summed E-state index contributed by atoms with van der Waals surface area (Å²) in [6, 6.07) is 5.28. The number of hydrogen-bond donors (Lipinski definition) is 2. The number of nitrogens with one attached hydrogen (secondary N) is 2. The Labute approximate surface area is 103 Å². The molecular weight excluding hydrogens is 272 g/mol. The van der Waals surface area contributed by atoms with Crippen LogP contribution in [0.3, 0.4) is 0 Å². The van der Waals surface area contributed by atoms with Crippen LogP contribution < -0.4 is 10.6 Å². The summed E-state index contributed by atoms with van der Waals surface area (Å²) in [5, 5.41) is 4.96. The van der Waals surface area contributed by atoms with E-state index in [2.05, 4.69) is 26.6 Å². The Morgan fingerprint density at radius 2 is 2.06 bits per heavy atom. The summed E-state index contributed by atoms with van der Waals surface area (Å²) in [6.45, 7) is 1.89. The lowest BCUT2D eigenvalue weighted by atomic mass is 10.1. The molecule has 0 saturated heterocycles. The second kappa shape index (κ2) is 5.65. The van der Waals surface area contributed by atoms with Gasteiger partial charge in [0, 0.05) is 17.1 Å². The van der Waals surface area contributed by atoms with Crippen molar-refractivity contribution >= 4 is 27.7 Å². The maximum absolute atomic E-state index is 11.6. The Balaban J connectivity index is 2.66. The van der Waals surface area contributed by atoms with E-state index in [1.54, 1.807) is 12.1 Å². The summed E-state index contributed by atoms with van der Waals surface area (Å²) in [7, 11) is 1.53. The molecule has 2 amide bonds. The van der Waals surface area contributed by atoms with Crippen LogP contribution in [0.15, 0.2) is 22.7 Å². The third kappa shape index (κ3) is 3.34. The number of likely N-dealkylation sites (N-methyl/N-ethyl adjacent to an activating group) is 1. The second-order valence-corrected chi connectivity index (χ2v) is 4.17. The first-order chi connectivity index (χ1) is 7.54. The van der Waals surface area contributed by atoms with Crippen molar-refractivity contribution in [2.45, 2.75) is 6.92 Å². The fourth-order valence-electron chi connectivity index (χ4n) is 1.14. The highest BCUT2D eigenvalue weighted by Crippen LogP contribution is 2.16. The molecule has 4 nitrogen and oxygen atoms in total. The van der Waals surface area contributed by atoms with Crippen LogP contribution in [0.1, 0.15) is 15.9 Å². The largest absolute Gasteiger partial charge is 0.358 e. The van der Waals surface area contributed by atoms with Gasteiger partial charge in [0.2, 0.25) is 5.91 Å². The highest BCUT2D eigenvalue weighted by molar-refractivity contribution is 9.10. The van der Waals surface area contributed by atoms with Crippen LogP contribution in [-0.4, -0.2) is 25.4 Å². The SMILES string of the molecule is CNC(=O)CNC(=O)c1ccc(Br)c(C)c1. The topological polar surface area (TPSA) is 58.2 Å². The van der Waals surface area contributed by atoms with E-state index in [1.165, 1.54) is 7.05 Å². The predicted octanol–water partition coefficient (Wildman–Crippen LogP) is 1.23. The molecule has 0 atom stereocenters. The van der Waals surface area contributed by atoms with Gasteiger partial charge in [-0.2, -0.15) is 0 Å². The van der Waals surface area contributed by atoms with Crippen molar-refractivity contribution in [3.8, 4) is 0 Å². The van der Waals surface area contributed by atoms with Gasteiger partial charge in [-0.15, -0.1) is 0 Å². The fraction of sp³-hybridized carbons (Fsp3) is 0.273. The van der Waals surface area contributed by atoms with Gasteiger partial charge in [0.25, 0.3) is 5.91 Å². The zero-order chi connectivity index (χ0) is 12.1. The van der Waals surface area contributed by atoms with Crippen LogP contribution >= 0.6 is 15.9 Å². The van der Waals surface area contributed by atoms with Crippen molar-refractivity contribution < 1.29 is 9.59 Å². The van der Waals surface area contributed by atoms with E-state index < -0.39 is 0 Å². The first kappa shape index (κ1) is 12.7. The minimum atomic E-state index is -0.251. The van der Waals surface area contributed by atoms with Crippen molar-refractivity contribution in [1.29, 1.82) is 0 Å². The van der Waals surface area contributed by atoms with Gasteiger partial charge in [0.15, 0.2) is 0 Å². The third-order valence-corrected chi connectivity index (χ3v) is 3.00. The Kier molecular flexibility index (Phi) is 4.49. The number of amides is 2. The van der Waals surface area contributed by atoms with Crippen molar-refractivity contribution in [2.75, 3.05) is 13.6 Å². The molecule has 1 rings (SSSR count). The molecule has 16 heavy (non-hydrogen) atoms. The lowest BCUT2D eigenvalue weighted by Crippen LogP contribution is -2.35. The Morgan fingerprint density at radius 3 is 2.62 bits per heavy atom. The monoisotopic (exact) mass is 284 g/mol. The number of carbonyl (C=O) groups is 2. The van der Waals surface area contributed by atoms with Crippen LogP contribution in [-0.2, 0) is 4.79 Å². The Bertz CT molecular complexity index is 418. The van der Waals surface area contributed by atoms with Crippen molar-refractivity contribution in [2.24, 2.45) is 0 Å². The fourth-order valence-corrected chi connectivity index (χ4v) is 1.38. The highest BCUT2D eigenvalue weighted by Gasteiger charge is 2.07. The van der Waals surface area contributed by atoms with Crippen LogP contribution in [0.4, 0.5) is 0 Å². The molecule has 0 fully saturated rings. The summed E-state index contributed by atoms with van der Waals surface area (Å²) >= 11 is 3.36. The molecule has 0 aliphatic carbocycles. The molecule has 86 valence electrons. The molecule has 0 spiro atoms. The molecule has 0 radical (unpaired) electrons. The lowest BCUT2D eigenvalue weighted by molar-refractivity contribution is -0.119. The molecular formula is C11H13BrN2O2. The molecule has 0 aromatic heterocycles. The van der Waals surface area contributed by atoms with Gasteiger partial charge in [-0.25, -0.2) is 0 Å². The zero-order valence-corrected chi connectivity index (χ0v) is 10.7. The van der Waals surface area contributed by atoms with E-state index in [9.17, 15) is 9.59 Å². The number of rotatable bonds is 3. The van der Waals surface area contributed by atoms with Crippen LogP contribution in [0.25, 0.3) is 0 Å². The molecule has 0 unspecified atom stereocenters. The van der Waals surface area contributed by atoms with Crippen molar-refractivity contribution in [3.05, 3.63) is 33.8 Å². The average molecular weight is 285 g/mol. The van der Waals surface area contributed by atoms with Crippen LogP contribution in [0, 0.1) is 6.92 Å². The molecule has 1 aromatic rings. The number of carbonyl (C=O) groups excluding carboxylic acids is 2. The molecule has 0 bridgehead atoms. The lowest BCUT2D eigenvalue weighted by Gasteiger charge is -2.05. The molecule has 2 N–H and O–H groups in total. The molecule has 1 aromatic carbocycles. The Morgan fingerprint density at radius 1 is 1.38 bits per heavy atom. The van der Waals surface area contributed by atoms with Crippen LogP contribution in [0.2, 0.25) is 0 Å². The van der Waals surface area contributed by atoms with Gasteiger partial charge in [0.1, 0.15) is 0 Å². The summed E-state index contributed by atoms with van der Waals surface area (Å²) in [4.78, 5) is 22.6. The smallest absolute Gasteiger partial charge is 0.251 e. The van der Waals surface area contributed by atoms with Gasteiger partial charge in [0.05, 0.1) is 6.54 Å². The van der Waals surface area contributed by atoms with Gasteiger partial charge in [-0.3, -0.25) is 9.59 Å². The van der Waals surface area contributed by atoms with Crippen LogP contribution in [0.5, 0.6) is 0 Å². The number of aryl methyl sites for hydroxylation is 1. The van der Waals surface area contributed by atoms with E-state index in [-0.39, 0.29) is 18.4 Å². The maximum Gasteiger partial charge on any atom is 0.251 e. The van der Waals surface area contributed by atoms with Crippen molar-refractivity contribution in [1.82, 2.24) is 10.6 Å². The van der Waals surface area contributed by atoms with E-state index >= 15 is 0 Å². The third-order valence-electron chi connectivity index (χ3n) is 2.11. The molecule has 0 aliphatic rings. The zero-order valence-electron chi connectivity index (χ0n) is 9.13. The number of hydrogen-bond acceptors (Lipinski definition) is 2. The summed E-state index contributed by atoms with van der Waals surface area (Å²) in [5.41, 5.74) is 1.53. The predicted molar refractivity (Wildman–Crippen MR) is 65.3 cm³/mol. The maximum atomic E-state index is 11.6. The number of halogens is 1. The quantitative estimate of drug-likeness (QED) is 0.877. The van der Waals surface area contributed by atoms with E-state index in [0.717, 1.165) is 10.0 Å². The average Bonchev–Trinajstić information content (AvgIpc) is 2.29. The van der Waals surface area contributed by atoms with Crippen molar-refractivity contribution in [3.63, 3.8) is 0 Å². The highest BCUT2D eigenvalue weighted by atomic mass is 79.9. The van der Waals surface area contributed by atoms with E-state index in [1.807, 2.05) is 13.0 Å². The standard InChI is InChI=1S/C11H13BrN2O2/c1-7-5-8(3-4-9(7)12)11(16)14-6-10(15)13-2/h3-5H,6H2,1-2H3,(H,13,15)(H,14,16). The second-order valence-electron chi connectivity index (χ2n) is 3.32. The summed E-state index contributed by atoms with van der Waals surface area (Å²) in [6.07, 6.45) is 0. The number of benzene rings is 1. The molecule has 5 heteroatoms. The first-order valence-electron chi connectivity index (χ1n) is 4.79. The normalized spacial score (nSPS) is 9.69. The summed E-state index contributed by atoms with van der Waals surface area (Å²) in [5.74, 6) is -0.471. The summed E-state index contributed by atoms with van der Waals surface area (Å²) < 4.78 is 0.954. The molecule has 0 saturated carbocycles. The molecule has 0 heterocycles. The van der Waals surface area contributed by atoms with E-state index in [4.69, 9.17) is 0 Å². The Hall–Kier alpha value is -1.36. The van der Waals surface area contributed by atoms with Gasteiger partial charge >= 0.3 is 0 Å². The molecule has 0 aliphatic heterocycles. The van der Waals surface area contributed by atoms with Gasteiger partial charge in [-0.1, -0.05) is 15.9 Å².